The highest BCUT2D eigenvalue weighted by atomic mass is 35.5. The maximum Gasteiger partial charge on any atom is 0.258 e. The molecule has 0 bridgehead atoms. The molecule has 0 atom stereocenters. The summed E-state index contributed by atoms with van der Waals surface area (Å²) in [6.07, 6.45) is 1.59. The molecule has 3 aromatic rings. The van der Waals surface area contributed by atoms with Crippen LogP contribution in [0.15, 0.2) is 51.9 Å². The summed E-state index contributed by atoms with van der Waals surface area (Å²) in [4.78, 5) is 12.3. The van der Waals surface area contributed by atoms with Crippen molar-refractivity contribution in [3.8, 4) is 11.5 Å². The van der Waals surface area contributed by atoms with Gasteiger partial charge < -0.3 is 8.98 Å². The van der Waals surface area contributed by atoms with Crippen LogP contribution < -0.4 is 5.56 Å². The van der Waals surface area contributed by atoms with Gasteiger partial charge in [-0.05, 0) is 35.7 Å². The van der Waals surface area contributed by atoms with E-state index >= 15 is 0 Å². The van der Waals surface area contributed by atoms with Crippen molar-refractivity contribution in [2.24, 2.45) is 7.05 Å². The van der Waals surface area contributed by atoms with Crippen molar-refractivity contribution < 1.29 is 4.42 Å². The highest BCUT2D eigenvalue weighted by molar-refractivity contribution is 6.31. The Morgan fingerprint density at radius 2 is 2.06 bits per heavy atom. The SMILES string of the molecule is Cn1c(-c2ccco2)cc2ccc(Cl)cc2c1=O. The molecule has 0 aliphatic rings. The van der Waals surface area contributed by atoms with Crippen LogP contribution in [0.3, 0.4) is 0 Å². The Morgan fingerprint density at radius 1 is 1.22 bits per heavy atom. The maximum atomic E-state index is 12.3. The predicted octanol–water partition coefficient (Wildman–Crippen LogP) is 3.45. The van der Waals surface area contributed by atoms with Crippen LogP contribution in [0, 0.1) is 0 Å². The van der Waals surface area contributed by atoms with Crippen LogP contribution in [0.1, 0.15) is 0 Å². The Bertz CT molecular complexity index is 772. The molecule has 3 rings (SSSR count). The molecule has 1 aromatic carbocycles. The molecule has 0 radical (unpaired) electrons. The molecule has 0 fully saturated rings. The van der Waals surface area contributed by atoms with Gasteiger partial charge in [0.25, 0.3) is 5.56 Å². The van der Waals surface area contributed by atoms with Crippen LogP contribution in [0.5, 0.6) is 0 Å². The van der Waals surface area contributed by atoms with Gasteiger partial charge in [0, 0.05) is 17.5 Å². The Kier molecular flexibility index (Phi) is 2.49. The standard InChI is InChI=1S/C14H10ClNO2/c1-16-12(13-3-2-6-18-13)7-9-4-5-10(15)8-11(9)14(16)17/h2-8H,1H3. The monoisotopic (exact) mass is 259 g/mol. The number of benzene rings is 1. The Balaban J connectivity index is 2.40. The highest BCUT2D eigenvalue weighted by Crippen LogP contribution is 2.23. The number of furan rings is 1. The van der Waals surface area contributed by atoms with E-state index < -0.39 is 0 Å². The molecule has 0 spiro atoms. The number of aromatic nitrogens is 1. The summed E-state index contributed by atoms with van der Waals surface area (Å²) >= 11 is 5.92. The lowest BCUT2D eigenvalue weighted by atomic mass is 10.1. The van der Waals surface area contributed by atoms with Gasteiger partial charge in [0.15, 0.2) is 0 Å². The second-order valence-corrected chi connectivity index (χ2v) is 4.54. The van der Waals surface area contributed by atoms with Gasteiger partial charge in [-0.15, -0.1) is 0 Å². The predicted molar refractivity (Wildman–Crippen MR) is 71.9 cm³/mol. The van der Waals surface area contributed by atoms with Crippen LogP contribution in [0.4, 0.5) is 0 Å². The van der Waals surface area contributed by atoms with E-state index in [1.54, 1.807) is 36.1 Å². The Morgan fingerprint density at radius 3 is 2.78 bits per heavy atom. The molecule has 2 aromatic heterocycles. The molecule has 0 aliphatic heterocycles. The molecule has 0 amide bonds. The molecule has 0 unspecified atom stereocenters. The first-order chi connectivity index (χ1) is 8.66. The van der Waals surface area contributed by atoms with Crippen molar-refractivity contribution >= 4 is 22.4 Å². The third-order valence-electron chi connectivity index (χ3n) is 2.98. The largest absolute Gasteiger partial charge is 0.463 e. The number of hydrogen-bond donors (Lipinski definition) is 0. The minimum Gasteiger partial charge on any atom is -0.463 e. The van der Waals surface area contributed by atoms with Gasteiger partial charge >= 0.3 is 0 Å². The third-order valence-corrected chi connectivity index (χ3v) is 3.21. The summed E-state index contributed by atoms with van der Waals surface area (Å²) in [5.74, 6) is 0.673. The normalized spacial score (nSPS) is 11.0. The fourth-order valence-electron chi connectivity index (χ4n) is 2.03. The van der Waals surface area contributed by atoms with Crippen molar-refractivity contribution in [3.05, 3.63) is 58.0 Å². The van der Waals surface area contributed by atoms with Gasteiger partial charge in [-0.2, -0.15) is 0 Å². The van der Waals surface area contributed by atoms with Gasteiger partial charge in [-0.3, -0.25) is 4.79 Å². The van der Waals surface area contributed by atoms with Crippen molar-refractivity contribution in [2.75, 3.05) is 0 Å². The Hall–Kier alpha value is -2.00. The smallest absolute Gasteiger partial charge is 0.258 e. The highest BCUT2D eigenvalue weighted by Gasteiger charge is 2.10. The maximum absolute atomic E-state index is 12.3. The zero-order valence-electron chi connectivity index (χ0n) is 9.68. The summed E-state index contributed by atoms with van der Waals surface area (Å²) < 4.78 is 6.91. The van der Waals surface area contributed by atoms with Crippen LogP contribution in [0.2, 0.25) is 5.02 Å². The molecule has 90 valence electrons. The number of halogens is 1. The van der Waals surface area contributed by atoms with Crippen LogP contribution >= 0.6 is 11.6 Å². The summed E-state index contributed by atoms with van der Waals surface area (Å²) in [5, 5.41) is 2.03. The molecule has 4 heteroatoms. The minimum absolute atomic E-state index is 0.0820. The van der Waals surface area contributed by atoms with E-state index in [0.29, 0.717) is 16.2 Å². The second-order valence-electron chi connectivity index (χ2n) is 4.10. The van der Waals surface area contributed by atoms with Crippen LogP contribution in [-0.2, 0) is 7.05 Å². The zero-order valence-corrected chi connectivity index (χ0v) is 10.4. The van der Waals surface area contributed by atoms with Gasteiger partial charge in [0.05, 0.1) is 12.0 Å². The quantitative estimate of drug-likeness (QED) is 0.671. The lowest BCUT2D eigenvalue weighted by molar-refractivity contribution is 0.575. The van der Waals surface area contributed by atoms with E-state index in [1.807, 2.05) is 18.2 Å². The first-order valence-electron chi connectivity index (χ1n) is 5.50. The van der Waals surface area contributed by atoms with Gasteiger partial charge in [-0.25, -0.2) is 0 Å². The van der Waals surface area contributed by atoms with Gasteiger partial charge in [-0.1, -0.05) is 17.7 Å². The molecule has 3 nitrogen and oxygen atoms in total. The molecular formula is C14H10ClNO2. The van der Waals surface area contributed by atoms with Crippen LogP contribution in [-0.4, -0.2) is 4.57 Å². The fraction of sp³-hybridized carbons (Fsp3) is 0.0714. The van der Waals surface area contributed by atoms with Crippen molar-refractivity contribution in [1.82, 2.24) is 4.57 Å². The van der Waals surface area contributed by atoms with Gasteiger partial charge in [0.2, 0.25) is 0 Å². The third kappa shape index (κ3) is 1.64. The zero-order chi connectivity index (χ0) is 12.7. The Labute approximate surface area is 108 Å². The van der Waals surface area contributed by atoms with Crippen molar-refractivity contribution in [3.63, 3.8) is 0 Å². The fourth-order valence-corrected chi connectivity index (χ4v) is 2.21. The van der Waals surface area contributed by atoms with E-state index in [2.05, 4.69) is 0 Å². The topological polar surface area (TPSA) is 35.1 Å². The van der Waals surface area contributed by atoms with Crippen molar-refractivity contribution in [1.29, 1.82) is 0 Å². The van der Waals surface area contributed by atoms with E-state index in [4.69, 9.17) is 16.0 Å². The summed E-state index contributed by atoms with van der Waals surface area (Å²) in [5.41, 5.74) is 0.668. The molecule has 0 aliphatic carbocycles. The minimum atomic E-state index is -0.0820. The number of pyridine rings is 1. The van der Waals surface area contributed by atoms with E-state index in [-0.39, 0.29) is 5.56 Å². The average molecular weight is 260 g/mol. The summed E-state index contributed by atoms with van der Waals surface area (Å²) in [6, 6.07) is 10.8. The number of rotatable bonds is 1. The molecule has 0 saturated carbocycles. The molecule has 18 heavy (non-hydrogen) atoms. The lowest BCUT2D eigenvalue weighted by Gasteiger charge is -2.08. The first kappa shape index (κ1) is 11.1. The van der Waals surface area contributed by atoms with E-state index in [0.717, 1.165) is 11.1 Å². The summed E-state index contributed by atoms with van der Waals surface area (Å²) in [7, 11) is 1.72. The molecule has 0 N–H and O–H groups in total. The lowest BCUT2D eigenvalue weighted by Crippen LogP contribution is -2.18. The molecule has 2 heterocycles. The van der Waals surface area contributed by atoms with Crippen molar-refractivity contribution in [2.45, 2.75) is 0 Å². The summed E-state index contributed by atoms with van der Waals surface area (Å²) in [6.45, 7) is 0. The van der Waals surface area contributed by atoms with E-state index in [9.17, 15) is 4.79 Å². The average Bonchev–Trinajstić information content (AvgIpc) is 2.88. The number of nitrogens with zero attached hydrogens (tertiary/aromatic N) is 1. The molecular weight excluding hydrogens is 250 g/mol. The van der Waals surface area contributed by atoms with Gasteiger partial charge in [0.1, 0.15) is 5.76 Å². The first-order valence-corrected chi connectivity index (χ1v) is 5.88. The van der Waals surface area contributed by atoms with Crippen LogP contribution in [0.25, 0.3) is 22.2 Å². The molecule has 0 saturated heterocycles. The second kappa shape index (κ2) is 4.03. The number of fused-ring (bicyclic) bond motifs is 1. The number of hydrogen-bond acceptors (Lipinski definition) is 2. The van der Waals surface area contributed by atoms with E-state index in [1.165, 1.54) is 0 Å².